The van der Waals surface area contributed by atoms with E-state index in [2.05, 4.69) is 11.4 Å². The quantitative estimate of drug-likeness (QED) is 0.821. The molecule has 3 nitrogen and oxygen atoms in total. The summed E-state index contributed by atoms with van der Waals surface area (Å²) in [5.74, 6) is -0.0226. The summed E-state index contributed by atoms with van der Waals surface area (Å²) in [5.41, 5.74) is 6.88. The molecule has 1 amide bonds. The van der Waals surface area contributed by atoms with Crippen LogP contribution in [-0.4, -0.2) is 5.91 Å². The third kappa shape index (κ3) is 4.26. The van der Waals surface area contributed by atoms with Crippen LogP contribution >= 0.6 is 22.9 Å². The van der Waals surface area contributed by atoms with Gasteiger partial charge in [0.25, 0.3) is 0 Å². The summed E-state index contributed by atoms with van der Waals surface area (Å²) in [5, 5.41) is 5.41. The number of anilines is 2. The SMILES string of the molecule is Nc1cc(Cl)ccc1NC(=O)CCCc1cccs1. The number of benzene rings is 1. The van der Waals surface area contributed by atoms with E-state index in [4.69, 9.17) is 17.3 Å². The Morgan fingerprint density at radius 2 is 2.21 bits per heavy atom. The van der Waals surface area contributed by atoms with Gasteiger partial charge in [0.2, 0.25) is 5.91 Å². The molecule has 1 aromatic heterocycles. The first-order valence-electron chi connectivity index (χ1n) is 6.02. The largest absolute Gasteiger partial charge is 0.397 e. The molecule has 0 unspecified atom stereocenters. The second kappa shape index (κ2) is 6.59. The Labute approximate surface area is 121 Å². The van der Waals surface area contributed by atoms with Gasteiger partial charge in [0, 0.05) is 16.3 Å². The van der Waals surface area contributed by atoms with Crippen LogP contribution in [0.25, 0.3) is 0 Å². The molecule has 0 saturated heterocycles. The fraction of sp³-hybridized carbons (Fsp3) is 0.214. The second-order valence-electron chi connectivity index (χ2n) is 4.21. The molecule has 1 aromatic carbocycles. The van der Waals surface area contributed by atoms with Gasteiger partial charge in [-0.2, -0.15) is 0 Å². The number of rotatable bonds is 5. The van der Waals surface area contributed by atoms with E-state index in [9.17, 15) is 4.79 Å². The number of carbonyl (C=O) groups is 1. The van der Waals surface area contributed by atoms with E-state index >= 15 is 0 Å². The van der Waals surface area contributed by atoms with E-state index < -0.39 is 0 Å². The minimum Gasteiger partial charge on any atom is -0.397 e. The Morgan fingerprint density at radius 3 is 2.89 bits per heavy atom. The molecule has 5 heteroatoms. The molecule has 0 aliphatic carbocycles. The molecule has 19 heavy (non-hydrogen) atoms. The van der Waals surface area contributed by atoms with E-state index in [0.29, 0.717) is 22.8 Å². The first kappa shape index (κ1) is 13.9. The van der Waals surface area contributed by atoms with Crippen molar-refractivity contribution in [3.05, 3.63) is 45.6 Å². The first-order valence-corrected chi connectivity index (χ1v) is 7.28. The summed E-state index contributed by atoms with van der Waals surface area (Å²) in [6, 6.07) is 9.16. The van der Waals surface area contributed by atoms with Crippen molar-refractivity contribution < 1.29 is 4.79 Å². The lowest BCUT2D eigenvalue weighted by molar-refractivity contribution is -0.116. The maximum absolute atomic E-state index is 11.8. The fourth-order valence-electron chi connectivity index (χ4n) is 1.74. The number of hydrogen-bond acceptors (Lipinski definition) is 3. The molecule has 0 atom stereocenters. The van der Waals surface area contributed by atoms with Gasteiger partial charge in [-0.1, -0.05) is 17.7 Å². The summed E-state index contributed by atoms with van der Waals surface area (Å²) in [4.78, 5) is 13.1. The second-order valence-corrected chi connectivity index (χ2v) is 5.68. The van der Waals surface area contributed by atoms with Crippen molar-refractivity contribution in [1.82, 2.24) is 0 Å². The molecule has 1 heterocycles. The summed E-state index contributed by atoms with van der Waals surface area (Å²) < 4.78 is 0. The molecule has 0 saturated carbocycles. The normalized spacial score (nSPS) is 10.4. The highest BCUT2D eigenvalue weighted by atomic mass is 35.5. The average Bonchev–Trinajstić information content (AvgIpc) is 2.86. The van der Waals surface area contributed by atoms with Gasteiger partial charge in [0.05, 0.1) is 11.4 Å². The number of carbonyl (C=O) groups excluding carboxylic acids is 1. The third-order valence-corrected chi connectivity index (χ3v) is 3.87. The zero-order valence-corrected chi connectivity index (χ0v) is 11.9. The number of halogens is 1. The van der Waals surface area contributed by atoms with Gasteiger partial charge in [-0.15, -0.1) is 11.3 Å². The summed E-state index contributed by atoms with van der Waals surface area (Å²) >= 11 is 7.52. The minimum atomic E-state index is -0.0226. The molecule has 0 spiro atoms. The van der Waals surface area contributed by atoms with Gasteiger partial charge in [-0.25, -0.2) is 0 Å². The van der Waals surface area contributed by atoms with E-state index in [-0.39, 0.29) is 5.91 Å². The van der Waals surface area contributed by atoms with Crippen molar-refractivity contribution in [2.45, 2.75) is 19.3 Å². The number of nitrogens with one attached hydrogen (secondary N) is 1. The van der Waals surface area contributed by atoms with Crippen LogP contribution in [0.4, 0.5) is 11.4 Å². The summed E-state index contributed by atoms with van der Waals surface area (Å²) in [6.07, 6.45) is 2.25. The topological polar surface area (TPSA) is 55.1 Å². The lowest BCUT2D eigenvalue weighted by Crippen LogP contribution is -2.12. The van der Waals surface area contributed by atoms with Crippen molar-refractivity contribution in [2.75, 3.05) is 11.1 Å². The van der Waals surface area contributed by atoms with Crippen LogP contribution in [0, 0.1) is 0 Å². The van der Waals surface area contributed by atoms with Gasteiger partial charge in [0.15, 0.2) is 0 Å². The highest BCUT2D eigenvalue weighted by Crippen LogP contribution is 2.23. The van der Waals surface area contributed by atoms with Crippen LogP contribution in [0.3, 0.4) is 0 Å². The van der Waals surface area contributed by atoms with E-state index in [1.54, 1.807) is 29.5 Å². The Bertz CT molecular complexity index is 555. The smallest absolute Gasteiger partial charge is 0.224 e. The van der Waals surface area contributed by atoms with E-state index in [1.807, 2.05) is 11.4 Å². The van der Waals surface area contributed by atoms with Crippen LogP contribution < -0.4 is 11.1 Å². The zero-order chi connectivity index (χ0) is 13.7. The van der Waals surface area contributed by atoms with E-state index in [1.165, 1.54) is 4.88 Å². The van der Waals surface area contributed by atoms with Gasteiger partial charge in [0.1, 0.15) is 0 Å². The lowest BCUT2D eigenvalue weighted by atomic mass is 10.2. The molecule has 0 aliphatic rings. The number of nitrogens with two attached hydrogens (primary N) is 1. The highest BCUT2D eigenvalue weighted by Gasteiger charge is 2.06. The van der Waals surface area contributed by atoms with Crippen LogP contribution in [0.1, 0.15) is 17.7 Å². The van der Waals surface area contributed by atoms with Crippen molar-refractivity contribution >= 4 is 40.2 Å². The minimum absolute atomic E-state index is 0.0226. The molecular weight excluding hydrogens is 280 g/mol. The van der Waals surface area contributed by atoms with Crippen LogP contribution in [0.15, 0.2) is 35.7 Å². The number of hydrogen-bond donors (Lipinski definition) is 2. The number of aryl methyl sites for hydroxylation is 1. The molecule has 0 fully saturated rings. The highest BCUT2D eigenvalue weighted by molar-refractivity contribution is 7.09. The predicted octanol–water partition coefficient (Wildman–Crippen LogP) is 3.95. The first-order chi connectivity index (χ1) is 9.15. The maximum atomic E-state index is 11.8. The Balaban J connectivity index is 1.80. The molecule has 0 bridgehead atoms. The lowest BCUT2D eigenvalue weighted by Gasteiger charge is -2.08. The van der Waals surface area contributed by atoms with Crippen LogP contribution in [0.2, 0.25) is 5.02 Å². The van der Waals surface area contributed by atoms with Crippen molar-refractivity contribution in [2.24, 2.45) is 0 Å². The fourth-order valence-corrected chi connectivity index (χ4v) is 2.67. The third-order valence-electron chi connectivity index (χ3n) is 2.69. The Hall–Kier alpha value is -1.52. The molecule has 2 aromatic rings. The van der Waals surface area contributed by atoms with Crippen molar-refractivity contribution in [1.29, 1.82) is 0 Å². The van der Waals surface area contributed by atoms with Gasteiger partial charge in [-0.3, -0.25) is 4.79 Å². The summed E-state index contributed by atoms with van der Waals surface area (Å²) in [6.45, 7) is 0. The van der Waals surface area contributed by atoms with Crippen molar-refractivity contribution in [3.63, 3.8) is 0 Å². The molecular formula is C14H15ClN2OS. The predicted molar refractivity (Wildman–Crippen MR) is 81.8 cm³/mol. The Morgan fingerprint density at radius 1 is 1.37 bits per heavy atom. The number of amides is 1. The van der Waals surface area contributed by atoms with Gasteiger partial charge < -0.3 is 11.1 Å². The molecule has 3 N–H and O–H groups in total. The summed E-state index contributed by atoms with van der Waals surface area (Å²) in [7, 11) is 0. The zero-order valence-electron chi connectivity index (χ0n) is 10.4. The Kier molecular flexibility index (Phi) is 4.82. The van der Waals surface area contributed by atoms with Crippen molar-refractivity contribution in [3.8, 4) is 0 Å². The number of nitrogen functional groups attached to an aromatic ring is 1. The van der Waals surface area contributed by atoms with Gasteiger partial charge in [-0.05, 0) is 42.5 Å². The van der Waals surface area contributed by atoms with Crippen LogP contribution in [-0.2, 0) is 11.2 Å². The number of thiophene rings is 1. The van der Waals surface area contributed by atoms with E-state index in [0.717, 1.165) is 12.8 Å². The molecule has 0 radical (unpaired) electrons. The monoisotopic (exact) mass is 294 g/mol. The molecule has 0 aliphatic heterocycles. The maximum Gasteiger partial charge on any atom is 0.224 e. The average molecular weight is 295 g/mol. The molecule has 2 rings (SSSR count). The molecule has 100 valence electrons. The van der Waals surface area contributed by atoms with Gasteiger partial charge >= 0.3 is 0 Å². The standard InChI is InChI=1S/C14H15ClN2OS/c15-10-6-7-13(12(16)9-10)17-14(18)5-1-3-11-4-2-8-19-11/h2,4,6-9H,1,3,5,16H2,(H,17,18). The van der Waals surface area contributed by atoms with Crippen LogP contribution in [0.5, 0.6) is 0 Å².